The van der Waals surface area contributed by atoms with E-state index in [1.807, 2.05) is 36.6 Å². The van der Waals surface area contributed by atoms with E-state index >= 15 is 0 Å². The first-order valence-electron chi connectivity index (χ1n) is 9.83. The van der Waals surface area contributed by atoms with Crippen LogP contribution in [0.1, 0.15) is 42.6 Å². The van der Waals surface area contributed by atoms with E-state index in [-0.39, 0.29) is 11.6 Å². The number of carbonyl (C=O) groups is 3. The van der Waals surface area contributed by atoms with Crippen LogP contribution >= 0.6 is 23.2 Å². The molecule has 4 rings (SSSR count). The first-order valence-corrected chi connectivity index (χ1v) is 10.6. The topological polar surface area (TPSA) is 71.4 Å². The van der Waals surface area contributed by atoms with Gasteiger partial charge in [-0.3, -0.25) is 19.8 Å². The summed E-state index contributed by atoms with van der Waals surface area (Å²) in [6.07, 6.45) is 5.01. The number of aryl methyl sites for hydroxylation is 1. The van der Waals surface area contributed by atoms with Crippen molar-refractivity contribution in [1.82, 2.24) is 14.8 Å². The zero-order valence-corrected chi connectivity index (χ0v) is 18.2. The highest BCUT2D eigenvalue weighted by molar-refractivity contribution is 6.43. The fraction of sp³-hybridized carbons (Fsp3) is 0.318. The Hall–Kier alpha value is -2.57. The second kappa shape index (κ2) is 7.93. The minimum Gasteiger partial charge on any atom is -0.316 e. The third-order valence-corrected chi connectivity index (χ3v) is 6.57. The number of urea groups is 1. The number of halogens is 2. The quantitative estimate of drug-likeness (QED) is 0.544. The zero-order valence-electron chi connectivity index (χ0n) is 16.7. The molecule has 0 spiro atoms. The van der Waals surface area contributed by atoms with Crippen molar-refractivity contribution in [3.63, 3.8) is 0 Å². The van der Waals surface area contributed by atoms with Gasteiger partial charge in [0.1, 0.15) is 5.57 Å². The molecule has 4 amide bonds. The molecule has 1 aromatic carbocycles. The van der Waals surface area contributed by atoms with Crippen molar-refractivity contribution >= 4 is 47.1 Å². The first kappa shape index (κ1) is 20.7. The molecular formula is C22H21Cl2N3O3. The molecular weight excluding hydrogens is 425 g/mol. The highest BCUT2D eigenvalue weighted by Gasteiger charge is 2.40. The van der Waals surface area contributed by atoms with Gasteiger partial charge in [-0.2, -0.15) is 0 Å². The smallest absolute Gasteiger partial charge is 0.316 e. The van der Waals surface area contributed by atoms with Crippen molar-refractivity contribution in [2.75, 3.05) is 0 Å². The SMILES string of the molecule is Cc1cc(/C=C2/C(=O)NC(=O)N(C3CCCC3)C2=O)c(C)n1-c1cccc(Cl)c1Cl. The first-order chi connectivity index (χ1) is 14.3. The number of benzene rings is 1. The summed E-state index contributed by atoms with van der Waals surface area (Å²) in [5, 5.41) is 3.17. The lowest BCUT2D eigenvalue weighted by atomic mass is 10.1. The third kappa shape index (κ3) is 3.44. The molecule has 0 radical (unpaired) electrons. The maximum absolute atomic E-state index is 13.0. The summed E-state index contributed by atoms with van der Waals surface area (Å²) in [7, 11) is 0. The van der Waals surface area contributed by atoms with Crippen molar-refractivity contribution in [1.29, 1.82) is 0 Å². The third-order valence-electron chi connectivity index (χ3n) is 5.77. The summed E-state index contributed by atoms with van der Waals surface area (Å²) in [5.41, 5.74) is 3.04. The van der Waals surface area contributed by atoms with Crippen LogP contribution in [0.25, 0.3) is 11.8 Å². The number of imide groups is 2. The second-order valence-corrected chi connectivity index (χ2v) is 8.45. The van der Waals surface area contributed by atoms with Gasteiger partial charge in [-0.25, -0.2) is 4.79 Å². The molecule has 1 N–H and O–H groups in total. The van der Waals surface area contributed by atoms with Gasteiger partial charge in [-0.1, -0.05) is 42.1 Å². The van der Waals surface area contributed by atoms with E-state index in [0.717, 1.165) is 37.1 Å². The van der Waals surface area contributed by atoms with E-state index in [9.17, 15) is 14.4 Å². The van der Waals surface area contributed by atoms with E-state index < -0.39 is 17.8 Å². The van der Waals surface area contributed by atoms with E-state index in [1.165, 1.54) is 4.90 Å². The van der Waals surface area contributed by atoms with Crippen LogP contribution < -0.4 is 5.32 Å². The summed E-state index contributed by atoms with van der Waals surface area (Å²) in [6, 6.07) is 6.45. The van der Waals surface area contributed by atoms with Gasteiger partial charge in [0.15, 0.2) is 0 Å². The van der Waals surface area contributed by atoms with Crippen LogP contribution in [0.2, 0.25) is 10.0 Å². The Balaban J connectivity index is 1.76. The van der Waals surface area contributed by atoms with Crippen LogP contribution in [0.15, 0.2) is 29.8 Å². The molecule has 0 bridgehead atoms. The van der Waals surface area contributed by atoms with Crippen molar-refractivity contribution in [2.45, 2.75) is 45.6 Å². The van der Waals surface area contributed by atoms with Crippen LogP contribution in [-0.2, 0) is 9.59 Å². The minimum atomic E-state index is -0.676. The largest absolute Gasteiger partial charge is 0.331 e. The fourth-order valence-electron chi connectivity index (χ4n) is 4.29. The van der Waals surface area contributed by atoms with Crippen molar-refractivity contribution in [3.05, 3.63) is 56.8 Å². The minimum absolute atomic E-state index is 0.0426. The number of aromatic nitrogens is 1. The van der Waals surface area contributed by atoms with E-state index in [0.29, 0.717) is 21.3 Å². The standard InChI is InChI=1S/C22H21Cl2N3O3/c1-12-10-14(13(2)26(12)18-9-5-8-17(23)19(18)24)11-16-20(28)25-22(30)27(21(16)29)15-6-3-4-7-15/h5,8-11,15H,3-4,6-7H2,1-2H3,(H,25,28,30)/b16-11-. The average molecular weight is 446 g/mol. The zero-order chi connectivity index (χ0) is 21.6. The summed E-state index contributed by atoms with van der Waals surface area (Å²) in [4.78, 5) is 39.0. The van der Waals surface area contributed by atoms with Gasteiger partial charge in [0.05, 0.1) is 15.7 Å². The van der Waals surface area contributed by atoms with Gasteiger partial charge >= 0.3 is 6.03 Å². The molecule has 1 aliphatic carbocycles. The normalized spacial score (nSPS) is 19.1. The number of amides is 4. The highest BCUT2D eigenvalue weighted by Crippen LogP contribution is 2.33. The fourth-order valence-corrected chi connectivity index (χ4v) is 4.67. The number of carbonyl (C=O) groups excluding carboxylic acids is 3. The molecule has 2 aromatic rings. The van der Waals surface area contributed by atoms with Crippen LogP contribution in [0.3, 0.4) is 0 Å². The number of hydrogen-bond acceptors (Lipinski definition) is 3. The summed E-state index contributed by atoms with van der Waals surface area (Å²) >= 11 is 12.6. The van der Waals surface area contributed by atoms with Gasteiger partial charge < -0.3 is 4.57 Å². The molecule has 2 heterocycles. The number of barbiturate groups is 1. The number of nitrogens with zero attached hydrogens (tertiary/aromatic N) is 2. The molecule has 1 saturated carbocycles. The Morgan fingerprint density at radius 1 is 1.10 bits per heavy atom. The Morgan fingerprint density at radius 3 is 2.50 bits per heavy atom. The van der Waals surface area contributed by atoms with Crippen molar-refractivity contribution in [3.8, 4) is 5.69 Å². The lowest BCUT2D eigenvalue weighted by molar-refractivity contribution is -0.131. The molecule has 2 fully saturated rings. The highest BCUT2D eigenvalue weighted by atomic mass is 35.5. The average Bonchev–Trinajstić information content (AvgIpc) is 3.30. The second-order valence-electron chi connectivity index (χ2n) is 7.67. The van der Waals surface area contributed by atoms with Gasteiger partial charge in [0.2, 0.25) is 0 Å². The molecule has 156 valence electrons. The lowest BCUT2D eigenvalue weighted by Crippen LogP contribution is -2.57. The van der Waals surface area contributed by atoms with Gasteiger partial charge in [-0.05, 0) is 56.5 Å². The lowest BCUT2D eigenvalue weighted by Gasteiger charge is -2.31. The maximum atomic E-state index is 13.0. The Kier molecular flexibility index (Phi) is 5.47. The Bertz CT molecular complexity index is 1100. The molecule has 30 heavy (non-hydrogen) atoms. The van der Waals surface area contributed by atoms with E-state index in [4.69, 9.17) is 23.2 Å². The summed E-state index contributed by atoms with van der Waals surface area (Å²) in [6.45, 7) is 3.78. The molecule has 1 aromatic heterocycles. The van der Waals surface area contributed by atoms with Crippen molar-refractivity contribution in [2.24, 2.45) is 0 Å². The Labute approximate surface area is 184 Å². The number of hydrogen-bond donors (Lipinski definition) is 1. The monoisotopic (exact) mass is 445 g/mol. The molecule has 6 nitrogen and oxygen atoms in total. The molecule has 0 atom stereocenters. The van der Waals surface area contributed by atoms with E-state index in [2.05, 4.69) is 5.32 Å². The van der Waals surface area contributed by atoms with Crippen LogP contribution in [0.5, 0.6) is 0 Å². The summed E-state index contributed by atoms with van der Waals surface area (Å²) < 4.78 is 1.92. The van der Waals surface area contributed by atoms with Crippen LogP contribution in [0.4, 0.5) is 4.79 Å². The predicted molar refractivity (Wildman–Crippen MR) is 116 cm³/mol. The Morgan fingerprint density at radius 2 is 1.80 bits per heavy atom. The number of rotatable bonds is 3. The molecule has 0 unspecified atom stereocenters. The molecule has 1 saturated heterocycles. The van der Waals surface area contributed by atoms with E-state index in [1.54, 1.807) is 12.1 Å². The maximum Gasteiger partial charge on any atom is 0.331 e. The van der Waals surface area contributed by atoms with Gasteiger partial charge in [0, 0.05) is 17.4 Å². The van der Waals surface area contributed by atoms with Gasteiger partial charge in [-0.15, -0.1) is 0 Å². The molecule has 2 aliphatic rings. The van der Waals surface area contributed by atoms with Crippen LogP contribution in [-0.4, -0.2) is 33.4 Å². The van der Waals surface area contributed by atoms with Crippen LogP contribution in [0, 0.1) is 13.8 Å². The van der Waals surface area contributed by atoms with Gasteiger partial charge in [0.25, 0.3) is 11.8 Å². The number of nitrogens with one attached hydrogen (secondary N) is 1. The molecule has 1 aliphatic heterocycles. The summed E-state index contributed by atoms with van der Waals surface area (Å²) in [5.74, 6) is -1.22. The van der Waals surface area contributed by atoms with Crippen molar-refractivity contribution < 1.29 is 14.4 Å². The molecule has 8 heteroatoms. The predicted octanol–water partition coefficient (Wildman–Crippen LogP) is 4.81.